The van der Waals surface area contributed by atoms with Gasteiger partial charge in [0.25, 0.3) is 5.56 Å². The van der Waals surface area contributed by atoms with Crippen molar-refractivity contribution in [3.63, 3.8) is 0 Å². The van der Waals surface area contributed by atoms with Crippen LogP contribution in [0.2, 0.25) is 0 Å². The van der Waals surface area contributed by atoms with E-state index in [0.717, 1.165) is 26.5 Å². The highest BCUT2D eigenvalue weighted by Crippen LogP contribution is 2.27. The Labute approximate surface area is 171 Å². The van der Waals surface area contributed by atoms with Crippen molar-refractivity contribution >= 4 is 49.2 Å². The molecule has 1 aromatic carbocycles. The third-order valence-electron chi connectivity index (χ3n) is 3.83. The van der Waals surface area contributed by atoms with E-state index in [-0.39, 0.29) is 5.56 Å². The zero-order chi connectivity index (χ0) is 18.8. The molecule has 0 amide bonds. The minimum absolute atomic E-state index is 0.103. The van der Waals surface area contributed by atoms with Gasteiger partial charge in [-0.3, -0.25) is 9.36 Å². The van der Waals surface area contributed by atoms with Crippen molar-refractivity contribution in [2.24, 2.45) is 0 Å². The number of benzene rings is 1. The molecule has 0 saturated heterocycles. The molecule has 0 fully saturated rings. The van der Waals surface area contributed by atoms with Gasteiger partial charge in [0, 0.05) is 16.6 Å². The number of aromatic nitrogens is 5. The average molecular weight is 460 g/mol. The molecule has 9 heteroatoms. The Hall–Kier alpha value is -2.23. The number of H-pyrrole nitrogens is 1. The fraction of sp³-hybridized carbons (Fsp3) is 0.111. The zero-order valence-electron chi connectivity index (χ0n) is 14.1. The summed E-state index contributed by atoms with van der Waals surface area (Å²) in [5.41, 5.74) is 1.60. The topological polar surface area (TPSA) is 76.5 Å². The second-order valence-corrected chi connectivity index (χ2v) is 8.42. The average Bonchev–Trinajstić information content (AvgIpc) is 3.29. The Bertz CT molecular complexity index is 1160. The lowest BCUT2D eigenvalue weighted by Gasteiger charge is -2.08. The summed E-state index contributed by atoms with van der Waals surface area (Å²) < 4.78 is 3.66. The van der Waals surface area contributed by atoms with Gasteiger partial charge in [0.1, 0.15) is 10.5 Å². The highest BCUT2D eigenvalue weighted by molar-refractivity contribution is 9.10. The van der Waals surface area contributed by atoms with E-state index in [1.165, 1.54) is 23.1 Å². The Kier molecular flexibility index (Phi) is 5.24. The smallest absolute Gasteiger partial charge is 0.268 e. The summed E-state index contributed by atoms with van der Waals surface area (Å²) in [4.78, 5) is 19.5. The lowest BCUT2D eigenvalue weighted by Crippen LogP contribution is -2.09. The Morgan fingerprint density at radius 2 is 2.07 bits per heavy atom. The number of nitrogens with zero attached hydrogens (tertiary/aromatic N) is 4. The molecule has 4 rings (SSSR count). The number of hydrogen-bond donors (Lipinski definition) is 1. The van der Waals surface area contributed by atoms with Crippen molar-refractivity contribution in [1.29, 1.82) is 0 Å². The first-order chi connectivity index (χ1) is 13.2. The Morgan fingerprint density at radius 3 is 2.85 bits per heavy atom. The first-order valence-electron chi connectivity index (χ1n) is 8.05. The van der Waals surface area contributed by atoms with Crippen LogP contribution < -0.4 is 5.56 Å². The van der Waals surface area contributed by atoms with Crippen molar-refractivity contribution < 1.29 is 0 Å². The maximum absolute atomic E-state index is 12.1. The summed E-state index contributed by atoms with van der Waals surface area (Å²) in [5.74, 6) is 1.89. The minimum atomic E-state index is -0.103. The summed E-state index contributed by atoms with van der Waals surface area (Å²) in [5, 5.41) is 11.3. The van der Waals surface area contributed by atoms with E-state index >= 15 is 0 Å². The van der Waals surface area contributed by atoms with E-state index in [2.05, 4.69) is 42.7 Å². The first kappa shape index (κ1) is 18.1. The Morgan fingerprint density at radius 1 is 1.26 bits per heavy atom. The molecule has 4 aromatic rings. The predicted molar refractivity (Wildman–Crippen MR) is 113 cm³/mol. The van der Waals surface area contributed by atoms with Crippen LogP contribution in [0.4, 0.5) is 0 Å². The van der Waals surface area contributed by atoms with E-state index in [4.69, 9.17) is 0 Å². The van der Waals surface area contributed by atoms with Crippen LogP contribution in [0, 0.1) is 0 Å². The van der Waals surface area contributed by atoms with Crippen molar-refractivity contribution in [3.8, 4) is 11.4 Å². The number of fused-ring (bicyclic) bond motifs is 1. The van der Waals surface area contributed by atoms with Gasteiger partial charge in [-0.15, -0.1) is 28.1 Å². The number of halogens is 1. The monoisotopic (exact) mass is 459 g/mol. The number of thioether (sulfide) groups is 1. The third-order valence-corrected chi connectivity index (χ3v) is 6.24. The van der Waals surface area contributed by atoms with E-state index in [0.29, 0.717) is 22.8 Å². The quantitative estimate of drug-likeness (QED) is 0.339. The molecule has 0 aliphatic carbocycles. The van der Waals surface area contributed by atoms with Crippen LogP contribution in [0.5, 0.6) is 0 Å². The van der Waals surface area contributed by atoms with Gasteiger partial charge in [0.15, 0.2) is 11.0 Å². The van der Waals surface area contributed by atoms with Crippen molar-refractivity contribution in [3.05, 3.63) is 69.0 Å². The molecule has 0 spiro atoms. The molecule has 136 valence electrons. The van der Waals surface area contributed by atoms with E-state index in [9.17, 15) is 4.79 Å². The fourth-order valence-corrected chi connectivity index (χ4v) is 4.43. The number of rotatable bonds is 6. The Balaban J connectivity index is 1.62. The van der Waals surface area contributed by atoms with Crippen LogP contribution in [-0.4, -0.2) is 24.7 Å². The summed E-state index contributed by atoms with van der Waals surface area (Å²) in [6, 6.07) is 9.78. The van der Waals surface area contributed by atoms with Crippen LogP contribution in [0.15, 0.2) is 62.8 Å². The van der Waals surface area contributed by atoms with Crippen molar-refractivity contribution in [1.82, 2.24) is 24.7 Å². The van der Waals surface area contributed by atoms with E-state index in [1.807, 2.05) is 46.4 Å². The van der Waals surface area contributed by atoms with Crippen LogP contribution >= 0.6 is 39.0 Å². The van der Waals surface area contributed by atoms with Gasteiger partial charge in [-0.05, 0) is 23.6 Å². The summed E-state index contributed by atoms with van der Waals surface area (Å²) in [6.07, 6.45) is 1.81. The van der Waals surface area contributed by atoms with Crippen LogP contribution in [0.1, 0.15) is 5.82 Å². The molecular formula is C18H14BrN5OS2. The number of hydrogen-bond acceptors (Lipinski definition) is 6. The van der Waals surface area contributed by atoms with E-state index < -0.39 is 0 Å². The standard InChI is InChI=1S/C18H14BrN5OS2/c1-2-8-24-16(11-3-5-12(19)6-4-11)22-23-18(24)27-10-14-20-13-7-9-26-15(13)17(25)21-14/h2-7,9H,1,8,10H2,(H,20,21,25). The molecule has 0 saturated carbocycles. The second kappa shape index (κ2) is 7.79. The molecule has 0 radical (unpaired) electrons. The van der Waals surface area contributed by atoms with Crippen molar-refractivity contribution in [2.75, 3.05) is 0 Å². The normalized spacial score (nSPS) is 11.1. The summed E-state index contributed by atoms with van der Waals surface area (Å²) in [6.45, 7) is 4.42. The molecule has 0 unspecified atom stereocenters. The van der Waals surface area contributed by atoms with Gasteiger partial charge in [-0.1, -0.05) is 45.9 Å². The number of aromatic amines is 1. The molecule has 0 aliphatic heterocycles. The maximum atomic E-state index is 12.1. The van der Waals surface area contributed by atoms with Gasteiger partial charge >= 0.3 is 0 Å². The van der Waals surface area contributed by atoms with E-state index in [1.54, 1.807) is 0 Å². The predicted octanol–water partition coefficient (Wildman–Crippen LogP) is 4.48. The number of allylic oxidation sites excluding steroid dienone is 1. The van der Waals surface area contributed by atoms with Gasteiger partial charge in [0.05, 0.1) is 11.3 Å². The third kappa shape index (κ3) is 3.76. The highest BCUT2D eigenvalue weighted by atomic mass is 79.9. The van der Waals surface area contributed by atoms with Gasteiger partial charge in [0.2, 0.25) is 0 Å². The number of nitrogens with one attached hydrogen (secondary N) is 1. The van der Waals surface area contributed by atoms with Gasteiger partial charge in [-0.25, -0.2) is 4.98 Å². The summed E-state index contributed by atoms with van der Waals surface area (Å²) in [7, 11) is 0. The van der Waals surface area contributed by atoms with Crippen molar-refractivity contribution in [2.45, 2.75) is 17.5 Å². The van der Waals surface area contributed by atoms with Crippen LogP contribution in [0.3, 0.4) is 0 Å². The molecule has 0 atom stereocenters. The lowest BCUT2D eigenvalue weighted by molar-refractivity contribution is 0.730. The van der Waals surface area contributed by atoms with Crippen LogP contribution in [0.25, 0.3) is 21.6 Å². The fourth-order valence-electron chi connectivity index (χ4n) is 2.62. The first-order valence-corrected chi connectivity index (χ1v) is 10.7. The molecule has 6 nitrogen and oxygen atoms in total. The molecular weight excluding hydrogens is 446 g/mol. The maximum Gasteiger partial charge on any atom is 0.268 e. The molecule has 3 aromatic heterocycles. The molecule has 0 bridgehead atoms. The zero-order valence-corrected chi connectivity index (χ0v) is 17.3. The number of thiophene rings is 1. The summed E-state index contributed by atoms with van der Waals surface area (Å²) >= 11 is 6.32. The molecule has 27 heavy (non-hydrogen) atoms. The van der Waals surface area contributed by atoms with Crippen LogP contribution in [-0.2, 0) is 12.3 Å². The SMILES string of the molecule is C=CCn1c(SCc2nc3ccsc3c(=O)[nH]2)nnc1-c1ccc(Br)cc1. The molecule has 0 aliphatic rings. The highest BCUT2D eigenvalue weighted by Gasteiger charge is 2.14. The molecule has 3 heterocycles. The molecule has 1 N–H and O–H groups in total. The van der Waals surface area contributed by atoms with Gasteiger partial charge < -0.3 is 4.98 Å². The second-order valence-electron chi connectivity index (χ2n) is 5.65. The lowest BCUT2D eigenvalue weighted by atomic mass is 10.2. The van der Waals surface area contributed by atoms with Gasteiger partial charge in [-0.2, -0.15) is 0 Å². The minimum Gasteiger partial charge on any atom is -0.309 e. The largest absolute Gasteiger partial charge is 0.309 e.